The zero-order chi connectivity index (χ0) is 18.7. The molecule has 2 rings (SSSR count). The van der Waals surface area contributed by atoms with Crippen molar-refractivity contribution in [1.29, 1.82) is 0 Å². The van der Waals surface area contributed by atoms with E-state index in [1.165, 1.54) is 12.5 Å². The Balaban J connectivity index is 0.000000252. The number of amides is 1. The minimum atomic E-state index is -0.497. The summed E-state index contributed by atoms with van der Waals surface area (Å²) in [6, 6.07) is 0.367. The average molecular weight is 348 g/mol. The van der Waals surface area contributed by atoms with Gasteiger partial charge in [0.05, 0.1) is 6.04 Å². The number of carbonyl (C=O) groups is 1. The predicted molar refractivity (Wildman–Crippen MR) is 96.5 cm³/mol. The Bertz CT molecular complexity index is 607. The first-order valence-corrected chi connectivity index (χ1v) is 8.42. The molecule has 0 spiro atoms. The predicted octanol–water partition coefficient (Wildman–Crippen LogP) is 2.67. The summed E-state index contributed by atoms with van der Waals surface area (Å²) >= 11 is 0. The lowest BCUT2D eigenvalue weighted by Gasteiger charge is -2.18. The van der Waals surface area contributed by atoms with Gasteiger partial charge in [0.1, 0.15) is 5.76 Å². The van der Waals surface area contributed by atoms with Crippen LogP contribution in [0.3, 0.4) is 0 Å². The second-order valence-corrected chi connectivity index (χ2v) is 5.52. The van der Waals surface area contributed by atoms with Gasteiger partial charge in [0.2, 0.25) is 5.89 Å². The van der Waals surface area contributed by atoms with Crippen LogP contribution in [0.2, 0.25) is 0 Å². The quantitative estimate of drug-likeness (QED) is 0.601. The molecule has 2 heterocycles. The Kier molecular flexibility index (Phi) is 9.24. The molecule has 1 fully saturated rings. The second kappa shape index (κ2) is 11.2. The number of primary amides is 1. The van der Waals surface area contributed by atoms with Crippen LogP contribution in [-0.2, 0) is 9.53 Å². The van der Waals surface area contributed by atoms with E-state index in [0.717, 1.165) is 31.2 Å². The molecule has 0 aromatic carbocycles. The molecule has 0 saturated carbocycles. The monoisotopic (exact) mass is 348 g/mol. The number of nitrogens with two attached hydrogens (primary N) is 1. The van der Waals surface area contributed by atoms with Crippen LogP contribution in [-0.4, -0.2) is 40.6 Å². The lowest BCUT2D eigenvalue weighted by molar-refractivity contribution is -0.121. The minimum absolute atomic E-state index is 0.116. The van der Waals surface area contributed by atoms with E-state index in [9.17, 15) is 4.79 Å². The zero-order valence-corrected chi connectivity index (χ0v) is 15.3. The van der Waals surface area contributed by atoms with Crippen LogP contribution in [0.1, 0.15) is 44.4 Å². The molecule has 1 aromatic rings. The van der Waals surface area contributed by atoms with Gasteiger partial charge in [-0.25, -0.2) is 0 Å². The van der Waals surface area contributed by atoms with Crippen molar-refractivity contribution >= 4 is 5.91 Å². The Morgan fingerprint density at radius 2 is 2.32 bits per heavy atom. The number of allylic oxidation sites excluding steroid dienone is 4. The molecule has 0 unspecified atom stereocenters. The number of hydrogen-bond acceptors (Lipinski definition) is 6. The number of carbonyl (C=O) groups excluding carboxylic acids is 1. The van der Waals surface area contributed by atoms with Crippen LogP contribution < -0.4 is 5.73 Å². The molecule has 1 saturated heterocycles. The molecule has 0 aliphatic carbocycles. The van der Waals surface area contributed by atoms with Gasteiger partial charge in [-0.3, -0.25) is 9.69 Å². The second-order valence-electron chi connectivity index (χ2n) is 5.52. The number of aromatic nitrogens is 2. The Morgan fingerprint density at radius 1 is 1.56 bits per heavy atom. The van der Waals surface area contributed by atoms with Crippen molar-refractivity contribution in [3.05, 3.63) is 48.4 Å². The van der Waals surface area contributed by atoms with Crippen molar-refractivity contribution in [3.63, 3.8) is 0 Å². The number of ether oxygens (including phenoxy) is 1. The lowest BCUT2D eigenvalue weighted by atomic mass is 10.2. The van der Waals surface area contributed by atoms with E-state index >= 15 is 0 Å². The summed E-state index contributed by atoms with van der Waals surface area (Å²) in [4.78, 5) is 17.0. The van der Waals surface area contributed by atoms with Gasteiger partial charge >= 0.3 is 0 Å². The highest BCUT2D eigenvalue weighted by Crippen LogP contribution is 2.29. The van der Waals surface area contributed by atoms with E-state index in [1.807, 2.05) is 19.9 Å². The third-order valence-electron chi connectivity index (χ3n) is 3.63. The molecule has 2 N–H and O–H groups in total. The molecule has 138 valence electrons. The molecule has 1 atom stereocenters. The van der Waals surface area contributed by atoms with E-state index in [0.29, 0.717) is 11.8 Å². The SMILES string of the molecule is C=C/C(=C\C=C/C)OCC(N)=O.CCN1CCC[C@H]1c1nc(C)no1. The fourth-order valence-corrected chi connectivity index (χ4v) is 2.45. The van der Waals surface area contributed by atoms with Crippen LogP contribution in [0, 0.1) is 6.92 Å². The third-order valence-corrected chi connectivity index (χ3v) is 3.63. The summed E-state index contributed by atoms with van der Waals surface area (Å²) in [7, 11) is 0. The molecule has 1 aliphatic rings. The van der Waals surface area contributed by atoms with Crippen molar-refractivity contribution in [2.75, 3.05) is 19.7 Å². The van der Waals surface area contributed by atoms with Crippen LogP contribution in [0.25, 0.3) is 0 Å². The highest BCUT2D eigenvalue weighted by Gasteiger charge is 2.28. The van der Waals surface area contributed by atoms with Crippen molar-refractivity contribution in [2.45, 2.75) is 39.7 Å². The fraction of sp³-hybridized carbons (Fsp3) is 0.500. The maximum absolute atomic E-state index is 10.3. The number of hydrogen-bond donors (Lipinski definition) is 1. The number of likely N-dealkylation sites (tertiary alicyclic amines) is 1. The normalized spacial score (nSPS) is 18.0. The molecular formula is C18H28N4O3. The third kappa shape index (κ3) is 7.34. The molecule has 7 nitrogen and oxygen atoms in total. The number of aryl methyl sites for hydroxylation is 1. The highest BCUT2D eigenvalue weighted by atomic mass is 16.5. The first-order valence-electron chi connectivity index (χ1n) is 8.42. The molecule has 0 radical (unpaired) electrons. The van der Waals surface area contributed by atoms with E-state index in [2.05, 4.69) is 28.5 Å². The van der Waals surface area contributed by atoms with Crippen LogP contribution >= 0.6 is 0 Å². The molecular weight excluding hydrogens is 320 g/mol. The van der Waals surface area contributed by atoms with Gasteiger partial charge < -0.3 is 15.0 Å². The molecule has 1 amide bonds. The Labute approximate surface area is 149 Å². The van der Waals surface area contributed by atoms with Crippen LogP contribution in [0.15, 0.2) is 41.2 Å². The van der Waals surface area contributed by atoms with Gasteiger partial charge in [-0.05, 0) is 51.9 Å². The van der Waals surface area contributed by atoms with Gasteiger partial charge in [-0.15, -0.1) is 0 Å². The minimum Gasteiger partial charge on any atom is -0.484 e. The molecule has 0 bridgehead atoms. The number of rotatable bonds is 7. The molecule has 7 heteroatoms. The summed E-state index contributed by atoms with van der Waals surface area (Å²) in [5, 5.41) is 3.82. The highest BCUT2D eigenvalue weighted by molar-refractivity contribution is 5.75. The molecule has 25 heavy (non-hydrogen) atoms. The fourth-order valence-electron chi connectivity index (χ4n) is 2.45. The van der Waals surface area contributed by atoms with E-state index in [1.54, 1.807) is 12.2 Å². The summed E-state index contributed by atoms with van der Waals surface area (Å²) in [6.07, 6.45) is 9.24. The van der Waals surface area contributed by atoms with Gasteiger partial charge in [-0.1, -0.05) is 30.8 Å². The van der Waals surface area contributed by atoms with Gasteiger partial charge in [0.15, 0.2) is 12.4 Å². The topological polar surface area (TPSA) is 94.5 Å². The van der Waals surface area contributed by atoms with E-state index in [-0.39, 0.29) is 6.61 Å². The van der Waals surface area contributed by atoms with Crippen LogP contribution in [0.5, 0.6) is 0 Å². The van der Waals surface area contributed by atoms with Gasteiger partial charge in [0, 0.05) is 0 Å². The molecule has 1 aromatic heterocycles. The lowest BCUT2D eigenvalue weighted by Crippen LogP contribution is -2.22. The average Bonchev–Trinajstić information content (AvgIpc) is 3.23. The first-order chi connectivity index (χ1) is 12.0. The van der Waals surface area contributed by atoms with Gasteiger partial charge in [-0.2, -0.15) is 4.98 Å². The first kappa shape index (κ1) is 20.6. The summed E-state index contributed by atoms with van der Waals surface area (Å²) in [6.45, 7) is 11.5. The summed E-state index contributed by atoms with van der Waals surface area (Å²) < 4.78 is 10.1. The Hall–Kier alpha value is -2.41. The van der Waals surface area contributed by atoms with E-state index < -0.39 is 5.91 Å². The maximum Gasteiger partial charge on any atom is 0.255 e. The summed E-state index contributed by atoms with van der Waals surface area (Å²) in [5.41, 5.74) is 4.88. The van der Waals surface area contributed by atoms with Crippen molar-refractivity contribution < 1.29 is 14.1 Å². The van der Waals surface area contributed by atoms with Crippen molar-refractivity contribution in [1.82, 2.24) is 15.0 Å². The summed E-state index contributed by atoms with van der Waals surface area (Å²) in [5.74, 6) is 1.56. The van der Waals surface area contributed by atoms with Crippen molar-refractivity contribution in [2.24, 2.45) is 5.73 Å². The van der Waals surface area contributed by atoms with Crippen LogP contribution in [0.4, 0.5) is 0 Å². The van der Waals surface area contributed by atoms with Gasteiger partial charge in [0.25, 0.3) is 5.91 Å². The Morgan fingerprint density at radius 3 is 2.84 bits per heavy atom. The standard InChI is InChI=1S/C9H15N3O.C9H13NO2/c1-3-12-6-4-5-8(12)9-10-7(2)11-13-9;1-3-5-6-8(4-2)12-7-9(10)11/h8H,3-6H2,1-2H3;3-6H,2,7H2,1H3,(H2,10,11)/b;5-3-,8-6+/t8-;/m0./s1. The zero-order valence-electron chi connectivity index (χ0n) is 15.3. The number of nitrogens with zero attached hydrogens (tertiary/aromatic N) is 3. The largest absolute Gasteiger partial charge is 0.484 e. The smallest absolute Gasteiger partial charge is 0.255 e. The molecule has 1 aliphatic heterocycles. The van der Waals surface area contributed by atoms with Crippen molar-refractivity contribution in [3.8, 4) is 0 Å². The van der Waals surface area contributed by atoms with E-state index in [4.69, 9.17) is 15.0 Å². The maximum atomic E-state index is 10.3.